The molecule has 1 saturated carbocycles. The van der Waals surface area contributed by atoms with Gasteiger partial charge in [-0.3, -0.25) is 14.2 Å². The van der Waals surface area contributed by atoms with Crippen LogP contribution >= 0.6 is 0 Å². The van der Waals surface area contributed by atoms with Crippen molar-refractivity contribution < 1.29 is 28.6 Å². The number of aromatic hydroxyl groups is 1. The lowest BCUT2D eigenvalue weighted by molar-refractivity contribution is -0.146. The molecule has 5 nitrogen and oxygen atoms in total. The lowest BCUT2D eigenvalue weighted by Gasteiger charge is -2.40. The van der Waals surface area contributed by atoms with Gasteiger partial charge in [-0.1, -0.05) is 6.42 Å². The maximum absolute atomic E-state index is 13.7. The highest BCUT2D eigenvalue weighted by molar-refractivity contribution is 6.06. The number of fused-ring (bicyclic) bond motifs is 1. The molecular weight excluding hydrogens is 392 g/mol. The molecule has 1 heterocycles. The Hall–Kier alpha value is -3.22. The standard InChI is InChI=1S/C23H21F2NO4/c1-12-20(23(2,22(29)30)14-4-3-5-14)16-11-15(27)7-9-19(16)26(12)21(28)13-6-8-17(24)18(25)10-13/h6-11,14,27H,3-5H2,1-2H3,(H,29,30)/t23-/m1/s1. The Kier molecular flexibility index (Phi) is 4.64. The topological polar surface area (TPSA) is 79.5 Å². The summed E-state index contributed by atoms with van der Waals surface area (Å²) in [5, 5.41) is 20.7. The normalized spacial score (nSPS) is 16.3. The summed E-state index contributed by atoms with van der Waals surface area (Å²) in [7, 11) is 0. The fourth-order valence-electron chi connectivity index (χ4n) is 4.55. The minimum atomic E-state index is -1.26. The first-order valence-corrected chi connectivity index (χ1v) is 9.74. The highest BCUT2D eigenvalue weighted by Crippen LogP contribution is 2.48. The largest absolute Gasteiger partial charge is 0.508 e. The summed E-state index contributed by atoms with van der Waals surface area (Å²) in [5.41, 5.74) is -0.0479. The number of phenolic OH excluding ortho intramolecular Hbond substituents is 1. The molecule has 1 aromatic heterocycles. The van der Waals surface area contributed by atoms with Crippen molar-refractivity contribution in [3.63, 3.8) is 0 Å². The van der Waals surface area contributed by atoms with E-state index < -0.39 is 28.9 Å². The van der Waals surface area contributed by atoms with Crippen molar-refractivity contribution in [2.75, 3.05) is 0 Å². The van der Waals surface area contributed by atoms with Crippen molar-refractivity contribution in [1.29, 1.82) is 0 Å². The van der Waals surface area contributed by atoms with Gasteiger partial charge in [0.2, 0.25) is 0 Å². The van der Waals surface area contributed by atoms with Crippen molar-refractivity contribution in [1.82, 2.24) is 4.57 Å². The molecule has 4 rings (SSSR count). The molecule has 1 atom stereocenters. The van der Waals surface area contributed by atoms with Crippen LogP contribution in [0.1, 0.15) is 47.8 Å². The lowest BCUT2D eigenvalue weighted by Crippen LogP contribution is -2.44. The van der Waals surface area contributed by atoms with E-state index in [1.807, 2.05) is 0 Å². The van der Waals surface area contributed by atoms with Gasteiger partial charge < -0.3 is 10.2 Å². The highest BCUT2D eigenvalue weighted by Gasteiger charge is 2.48. The molecule has 2 N–H and O–H groups in total. The quantitative estimate of drug-likeness (QED) is 0.646. The maximum atomic E-state index is 13.7. The van der Waals surface area contributed by atoms with E-state index in [1.54, 1.807) is 13.8 Å². The molecule has 0 aliphatic heterocycles. The summed E-state index contributed by atoms with van der Waals surface area (Å²) in [6.45, 7) is 3.29. The monoisotopic (exact) mass is 413 g/mol. The number of carbonyl (C=O) groups excluding carboxylic acids is 1. The van der Waals surface area contributed by atoms with Crippen LogP contribution in [0.15, 0.2) is 36.4 Å². The van der Waals surface area contributed by atoms with Crippen LogP contribution in [-0.4, -0.2) is 26.7 Å². The Morgan fingerprint density at radius 1 is 1.10 bits per heavy atom. The highest BCUT2D eigenvalue weighted by atomic mass is 19.2. The van der Waals surface area contributed by atoms with Gasteiger partial charge in [-0.25, -0.2) is 8.78 Å². The number of phenols is 1. The van der Waals surface area contributed by atoms with Gasteiger partial charge in [-0.05, 0) is 74.6 Å². The Labute approximate surface area is 171 Å². The summed E-state index contributed by atoms with van der Waals surface area (Å²) in [5.74, 6) is -3.96. The molecule has 1 aliphatic carbocycles. The van der Waals surface area contributed by atoms with Gasteiger partial charge in [-0.2, -0.15) is 0 Å². The Morgan fingerprint density at radius 2 is 1.80 bits per heavy atom. The summed E-state index contributed by atoms with van der Waals surface area (Å²) in [6.07, 6.45) is 2.44. The Bertz CT molecular complexity index is 1200. The molecule has 7 heteroatoms. The van der Waals surface area contributed by atoms with Crippen molar-refractivity contribution in [3.05, 3.63) is 64.9 Å². The third-order valence-electron chi connectivity index (χ3n) is 6.44. The van der Waals surface area contributed by atoms with E-state index >= 15 is 0 Å². The van der Waals surface area contributed by atoms with E-state index in [2.05, 4.69) is 0 Å². The summed E-state index contributed by atoms with van der Waals surface area (Å²) in [4.78, 5) is 25.7. The minimum absolute atomic E-state index is 0.0532. The van der Waals surface area contributed by atoms with Gasteiger partial charge in [0.1, 0.15) is 5.75 Å². The van der Waals surface area contributed by atoms with Crippen molar-refractivity contribution in [2.24, 2.45) is 5.92 Å². The number of carbonyl (C=O) groups is 2. The second kappa shape index (κ2) is 6.93. The van der Waals surface area contributed by atoms with Gasteiger partial charge in [0.25, 0.3) is 5.91 Å². The van der Waals surface area contributed by atoms with E-state index in [4.69, 9.17) is 0 Å². The van der Waals surface area contributed by atoms with Crippen molar-refractivity contribution in [2.45, 2.75) is 38.5 Å². The molecule has 0 spiro atoms. The first-order valence-electron chi connectivity index (χ1n) is 9.74. The molecule has 2 aromatic carbocycles. The third-order valence-corrected chi connectivity index (χ3v) is 6.44. The average molecular weight is 413 g/mol. The van der Waals surface area contributed by atoms with Crippen molar-refractivity contribution >= 4 is 22.8 Å². The number of aromatic nitrogens is 1. The number of carboxylic acids is 1. The predicted molar refractivity (Wildman–Crippen MR) is 107 cm³/mol. The fourth-order valence-corrected chi connectivity index (χ4v) is 4.55. The Balaban J connectivity index is 2.00. The van der Waals surface area contributed by atoms with E-state index in [0.717, 1.165) is 31.4 Å². The van der Waals surface area contributed by atoms with Gasteiger partial charge in [0, 0.05) is 16.6 Å². The van der Waals surface area contributed by atoms with E-state index in [0.29, 0.717) is 22.2 Å². The van der Waals surface area contributed by atoms with E-state index in [-0.39, 0.29) is 17.2 Å². The molecule has 3 aromatic rings. The molecule has 0 saturated heterocycles. The molecule has 30 heavy (non-hydrogen) atoms. The Morgan fingerprint density at radius 3 is 2.37 bits per heavy atom. The number of hydrogen-bond acceptors (Lipinski definition) is 3. The van der Waals surface area contributed by atoms with Crippen LogP contribution in [0.4, 0.5) is 8.78 Å². The molecule has 0 bridgehead atoms. The van der Waals surface area contributed by atoms with Crippen LogP contribution < -0.4 is 0 Å². The van der Waals surface area contributed by atoms with Gasteiger partial charge in [-0.15, -0.1) is 0 Å². The first-order chi connectivity index (χ1) is 14.2. The summed E-state index contributed by atoms with van der Waals surface area (Å²) < 4.78 is 28.4. The molecule has 0 radical (unpaired) electrons. The molecular formula is C23H21F2NO4. The zero-order valence-electron chi connectivity index (χ0n) is 16.6. The second-order valence-electron chi connectivity index (χ2n) is 8.07. The zero-order chi connectivity index (χ0) is 21.8. The van der Waals surface area contributed by atoms with Gasteiger partial charge in [0.15, 0.2) is 11.6 Å². The van der Waals surface area contributed by atoms with Crippen molar-refractivity contribution in [3.8, 4) is 5.75 Å². The number of halogens is 2. The first kappa shape index (κ1) is 20.1. The predicted octanol–water partition coefficient (Wildman–Crippen LogP) is 4.76. The molecule has 1 aliphatic rings. The van der Waals surface area contributed by atoms with Gasteiger partial charge in [0.05, 0.1) is 10.9 Å². The summed E-state index contributed by atoms with van der Waals surface area (Å²) >= 11 is 0. The van der Waals surface area contributed by atoms with Crippen LogP contribution in [0, 0.1) is 24.5 Å². The molecule has 0 unspecified atom stereocenters. The molecule has 0 amide bonds. The second-order valence-corrected chi connectivity index (χ2v) is 8.07. The van der Waals surface area contributed by atoms with Gasteiger partial charge >= 0.3 is 5.97 Å². The molecule has 1 fully saturated rings. The van der Waals surface area contributed by atoms with Crippen LogP contribution in [-0.2, 0) is 10.2 Å². The minimum Gasteiger partial charge on any atom is -0.508 e. The number of carboxylic acid groups (broad SMARTS) is 1. The molecule has 156 valence electrons. The number of rotatable bonds is 4. The lowest BCUT2D eigenvalue weighted by atomic mass is 9.62. The number of nitrogens with zero attached hydrogens (tertiary/aromatic N) is 1. The smallest absolute Gasteiger partial charge is 0.314 e. The van der Waals surface area contributed by atoms with Crippen LogP contribution in [0.25, 0.3) is 10.9 Å². The maximum Gasteiger partial charge on any atom is 0.314 e. The zero-order valence-corrected chi connectivity index (χ0v) is 16.6. The van der Waals surface area contributed by atoms with E-state index in [9.17, 15) is 28.6 Å². The van der Waals surface area contributed by atoms with Crippen LogP contribution in [0.2, 0.25) is 0 Å². The number of hydrogen-bond donors (Lipinski definition) is 2. The number of aliphatic carboxylic acids is 1. The van der Waals surface area contributed by atoms with Crippen LogP contribution in [0.3, 0.4) is 0 Å². The summed E-state index contributed by atoms with van der Waals surface area (Å²) in [6, 6.07) is 7.28. The third kappa shape index (κ3) is 2.80. The number of benzene rings is 2. The SMILES string of the molecule is Cc1c([C@](C)(C(=O)O)C2CCC2)c2cc(O)ccc2n1C(=O)c1ccc(F)c(F)c1. The fraction of sp³-hybridized carbons (Fsp3) is 0.304. The average Bonchev–Trinajstić information content (AvgIpc) is 2.93. The van der Waals surface area contributed by atoms with Crippen LogP contribution in [0.5, 0.6) is 5.75 Å². The van der Waals surface area contributed by atoms with E-state index in [1.165, 1.54) is 28.8 Å².